The molecule has 1 aliphatic rings. The lowest BCUT2D eigenvalue weighted by molar-refractivity contribution is -0.387. The highest BCUT2D eigenvalue weighted by Crippen LogP contribution is 2.35. The molecule has 0 spiro atoms. The van der Waals surface area contributed by atoms with Gasteiger partial charge in [0.05, 0.1) is 16.3 Å². The molecule has 1 saturated heterocycles. The van der Waals surface area contributed by atoms with Crippen LogP contribution in [-0.4, -0.2) is 42.2 Å². The Balaban J connectivity index is 1.60. The highest BCUT2D eigenvalue weighted by atomic mass is 32.2. The van der Waals surface area contributed by atoms with E-state index >= 15 is 0 Å². The molecule has 2 amide bonds. The number of tetrazole rings is 1. The first-order valence-corrected chi connectivity index (χ1v) is 9.15. The second kappa shape index (κ2) is 7.39. The molecule has 3 aromatic rings. The Bertz CT molecular complexity index is 1120. The minimum Gasteiger partial charge on any atom is -0.274 e. The molecule has 146 valence electrons. The quantitative estimate of drug-likeness (QED) is 0.353. The zero-order chi connectivity index (χ0) is 20.5. The third-order valence-electron chi connectivity index (χ3n) is 4.18. The smallest absolute Gasteiger partial charge is 0.274 e. The van der Waals surface area contributed by atoms with Crippen molar-refractivity contribution in [3.05, 3.63) is 64.5 Å². The van der Waals surface area contributed by atoms with Crippen LogP contribution in [0.4, 0.5) is 15.8 Å². The summed E-state index contributed by atoms with van der Waals surface area (Å²) in [5.74, 6) is -2.18. The number of rotatable bonds is 5. The summed E-state index contributed by atoms with van der Waals surface area (Å²) in [4.78, 5) is 36.1. The summed E-state index contributed by atoms with van der Waals surface area (Å²) >= 11 is 1.01. The van der Waals surface area contributed by atoms with E-state index < -0.39 is 33.5 Å². The highest BCUT2D eigenvalue weighted by molar-refractivity contribution is 8.00. The van der Waals surface area contributed by atoms with Gasteiger partial charge in [-0.05, 0) is 34.7 Å². The second-order valence-corrected chi connectivity index (χ2v) is 7.15. The van der Waals surface area contributed by atoms with Crippen molar-refractivity contribution >= 4 is 35.0 Å². The summed E-state index contributed by atoms with van der Waals surface area (Å²) in [5, 5.41) is 21.9. The molecule has 4 rings (SSSR count). The monoisotopic (exact) mass is 414 g/mol. The SMILES string of the molecule is O=C1C[C@H](Sc2nnnn2-c2ccccc2)C(=O)N1c1ccc(F)c([N+](=O)[O-])c1. The molecule has 0 aliphatic carbocycles. The number of hydrogen-bond donors (Lipinski definition) is 0. The van der Waals surface area contributed by atoms with Gasteiger partial charge in [-0.3, -0.25) is 19.7 Å². The number of halogens is 1. The van der Waals surface area contributed by atoms with Gasteiger partial charge in [-0.15, -0.1) is 5.10 Å². The summed E-state index contributed by atoms with van der Waals surface area (Å²) in [5.41, 5.74) is -0.186. The van der Waals surface area contributed by atoms with Crippen LogP contribution in [0.1, 0.15) is 6.42 Å². The van der Waals surface area contributed by atoms with Gasteiger partial charge in [0.2, 0.25) is 22.8 Å². The van der Waals surface area contributed by atoms with Crippen molar-refractivity contribution in [1.29, 1.82) is 0 Å². The first kappa shape index (κ1) is 18.7. The number of carbonyl (C=O) groups excluding carboxylic acids is 2. The molecule has 0 N–H and O–H groups in total. The van der Waals surface area contributed by atoms with Gasteiger partial charge in [-0.1, -0.05) is 30.0 Å². The summed E-state index contributed by atoms with van der Waals surface area (Å²) in [6, 6.07) is 11.9. The zero-order valence-corrected chi connectivity index (χ0v) is 15.3. The first-order valence-electron chi connectivity index (χ1n) is 8.27. The maximum absolute atomic E-state index is 13.6. The number of imide groups is 1. The van der Waals surface area contributed by atoms with E-state index in [1.54, 1.807) is 24.3 Å². The molecule has 12 heteroatoms. The van der Waals surface area contributed by atoms with Crippen LogP contribution >= 0.6 is 11.8 Å². The molecular weight excluding hydrogens is 403 g/mol. The van der Waals surface area contributed by atoms with Crippen molar-refractivity contribution in [1.82, 2.24) is 20.2 Å². The van der Waals surface area contributed by atoms with Crippen LogP contribution in [0.25, 0.3) is 5.69 Å². The van der Waals surface area contributed by atoms with Gasteiger partial charge in [-0.2, -0.15) is 9.07 Å². The molecule has 10 nitrogen and oxygen atoms in total. The predicted octanol–water partition coefficient (Wildman–Crippen LogP) is 2.13. The number of para-hydroxylation sites is 1. The average molecular weight is 414 g/mol. The van der Waals surface area contributed by atoms with Crippen molar-refractivity contribution in [3.63, 3.8) is 0 Å². The molecule has 29 heavy (non-hydrogen) atoms. The fourth-order valence-corrected chi connectivity index (χ4v) is 3.87. The molecule has 1 atom stereocenters. The minimum atomic E-state index is -1.05. The fourth-order valence-electron chi connectivity index (χ4n) is 2.86. The van der Waals surface area contributed by atoms with E-state index in [1.807, 2.05) is 6.07 Å². The highest BCUT2D eigenvalue weighted by Gasteiger charge is 2.41. The van der Waals surface area contributed by atoms with Gasteiger partial charge in [0, 0.05) is 12.5 Å². The summed E-state index contributed by atoms with van der Waals surface area (Å²) < 4.78 is 15.0. The number of anilines is 1. The fraction of sp³-hybridized carbons (Fsp3) is 0.118. The number of nitrogens with zero attached hydrogens (tertiary/aromatic N) is 6. The number of benzene rings is 2. The van der Waals surface area contributed by atoms with E-state index in [0.29, 0.717) is 10.8 Å². The molecule has 2 heterocycles. The Morgan fingerprint density at radius 2 is 1.90 bits per heavy atom. The normalized spacial score (nSPS) is 16.4. The number of carbonyl (C=O) groups is 2. The van der Waals surface area contributed by atoms with E-state index in [4.69, 9.17) is 0 Å². The first-order chi connectivity index (χ1) is 14.0. The van der Waals surface area contributed by atoms with Crippen LogP contribution in [-0.2, 0) is 9.59 Å². The van der Waals surface area contributed by atoms with Crippen molar-refractivity contribution in [2.75, 3.05) is 4.90 Å². The van der Waals surface area contributed by atoms with Crippen molar-refractivity contribution in [2.45, 2.75) is 16.8 Å². The van der Waals surface area contributed by atoms with Crippen LogP contribution in [0.5, 0.6) is 0 Å². The van der Waals surface area contributed by atoms with Crippen LogP contribution in [0.2, 0.25) is 0 Å². The Morgan fingerprint density at radius 3 is 2.62 bits per heavy atom. The number of nitro groups is 1. The van der Waals surface area contributed by atoms with E-state index in [9.17, 15) is 24.1 Å². The molecule has 0 unspecified atom stereocenters. The lowest BCUT2D eigenvalue weighted by Gasteiger charge is -2.14. The van der Waals surface area contributed by atoms with E-state index in [0.717, 1.165) is 34.9 Å². The predicted molar refractivity (Wildman–Crippen MR) is 99.0 cm³/mol. The largest absolute Gasteiger partial charge is 0.306 e. The minimum absolute atomic E-state index is 0.0566. The lowest BCUT2D eigenvalue weighted by atomic mass is 10.2. The number of thioether (sulfide) groups is 1. The Morgan fingerprint density at radius 1 is 1.14 bits per heavy atom. The van der Waals surface area contributed by atoms with E-state index in [2.05, 4.69) is 15.5 Å². The lowest BCUT2D eigenvalue weighted by Crippen LogP contribution is -2.31. The summed E-state index contributed by atoms with van der Waals surface area (Å²) in [7, 11) is 0. The van der Waals surface area contributed by atoms with Crippen LogP contribution < -0.4 is 4.90 Å². The van der Waals surface area contributed by atoms with Crippen LogP contribution in [0, 0.1) is 15.9 Å². The molecule has 1 aliphatic heterocycles. The van der Waals surface area contributed by atoms with Gasteiger partial charge in [0.1, 0.15) is 5.25 Å². The molecule has 0 radical (unpaired) electrons. The Kier molecular flexibility index (Phi) is 4.76. The maximum Gasteiger partial charge on any atom is 0.306 e. The number of aromatic nitrogens is 4. The zero-order valence-electron chi connectivity index (χ0n) is 14.5. The summed E-state index contributed by atoms with van der Waals surface area (Å²) in [6.07, 6.45) is -0.143. The van der Waals surface area contributed by atoms with Gasteiger partial charge in [-0.25, -0.2) is 4.90 Å². The van der Waals surface area contributed by atoms with Crippen LogP contribution in [0.15, 0.2) is 53.7 Å². The molecule has 1 aromatic heterocycles. The van der Waals surface area contributed by atoms with E-state index in [-0.39, 0.29) is 12.1 Å². The van der Waals surface area contributed by atoms with Crippen molar-refractivity contribution in [3.8, 4) is 5.69 Å². The number of amides is 2. The second-order valence-electron chi connectivity index (χ2n) is 5.98. The molecular formula is C17H11FN6O4S. The van der Waals surface area contributed by atoms with Gasteiger partial charge in [0.15, 0.2) is 0 Å². The van der Waals surface area contributed by atoms with Gasteiger partial charge >= 0.3 is 5.69 Å². The number of hydrogen-bond acceptors (Lipinski definition) is 8. The molecule has 0 saturated carbocycles. The molecule has 2 aromatic carbocycles. The standard InChI is InChI=1S/C17H11FN6O4S/c18-12-7-6-11(8-13(12)24(27)28)22-15(25)9-14(16(22)26)29-17-19-20-21-23(17)10-4-2-1-3-5-10/h1-8,14H,9H2/t14-/m0/s1. The van der Waals surface area contributed by atoms with Crippen molar-refractivity contribution < 1.29 is 18.9 Å². The van der Waals surface area contributed by atoms with Gasteiger partial charge in [0.25, 0.3) is 0 Å². The maximum atomic E-state index is 13.6. The number of nitro benzene ring substituents is 1. The average Bonchev–Trinajstić information content (AvgIpc) is 3.27. The Labute approximate surface area is 166 Å². The van der Waals surface area contributed by atoms with E-state index in [1.165, 1.54) is 4.68 Å². The van der Waals surface area contributed by atoms with Crippen molar-refractivity contribution in [2.24, 2.45) is 0 Å². The molecule has 1 fully saturated rings. The van der Waals surface area contributed by atoms with Gasteiger partial charge < -0.3 is 0 Å². The summed E-state index contributed by atoms with van der Waals surface area (Å²) in [6.45, 7) is 0. The Hall–Kier alpha value is -3.67. The third kappa shape index (κ3) is 3.45. The molecule has 0 bridgehead atoms. The van der Waals surface area contributed by atoms with Crippen LogP contribution in [0.3, 0.4) is 0 Å². The topological polar surface area (TPSA) is 124 Å². The third-order valence-corrected chi connectivity index (χ3v) is 5.30.